The van der Waals surface area contributed by atoms with Gasteiger partial charge in [-0.05, 0) is 36.4 Å². The summed E-state index contributed by atoms with van der Waals surface area (Å²) in [6, 6.07) is 9.15. The monoisotopic (exact) mass is 282 g/mol. The molecule has 0 radical (unpaired) electrons. The third kappa shape index (κ3) is 3.51. The summed E-state index contributed by atoms with van der Waals surface area (Å²) in [7, 11) is 0. The van der Waals surface area contributed by atoms with Gasteiger partial charge in [-0.1, -0.05) is 11.6 Å². The third-order valence-electron chi connectivity index (χ3n) is 2.42. The Morgan fingerprint density at radius 3 is 2.42 bits per heavy atom. The number of carbonyl (C=O) groups excluding carboxylic acids is 1. The molecule has 0 N–H and O–H groups in total. The lowest BCUT2D eigenvalue weighted by Gasteiger charge is -2.06. The molecule has 0 saturated carbocycles. The lowest BCUT2D eigenvalue weighted by Crippen LogP contribution is -2.12. The van der Waals surface area contributed by atoms with Gasteiger partial charge in [0.1, 0.15) is 5.82 Å². The van der Waals surface area contributed by atoms with Gasteiger partial charge in [-0.15, -0.1) is 0 Å². The predicted octanol–water partition coefficient (Wildman–Crippen LogP) is 3.88. The van der Waals surface area contributed by atoms with E-state index in [1.54, 1.807) is 24.3 Å². The zero-order chi connectivity index (χ0) is 13.8. The summed E-state index contributed by atoms with van der Waals surface area (Å²) in [5.41, 5.74) is 0.409. The zero-order valence-electron chi connectivity index (χ0n) is 9.70. The molecule has 0 heterocycles. The standard InChI is InChI=1S/C14H9ClF2O2/c15-10-3-1-9(2-4-10)13(18)8-19-14-6-5-11(16)7-12(14)17/h1-7H,8H2. The number of halogens is 3. The van der Waals surface area contributed by atoms with Crippen molar-refractivity contribution >= 4 is 17.4 Å². The molecule has 0 bridgehead atoms. The van der Waals surface area contributed by atoms with Gasteiger partial charge in [-0.3, -0.25) is 4.79 Å². The quantitative estimate of drug-likeness (QED) is 0.796. The Balaban J connectivity index is 2.02. The van der Waals surface area contributed by atoms with Gasteiger partial charge in [0.05, 0.1) is 0 Å². The number of ketones is 1. The highest BCUT2D eigenvalue weighted by Gasteiger charge is 2.09. The summed E-state index contributed by atoms with van der Waals surface area (Å²) in [4.78, 5) is 11.7. The van der Waals surface area contributed by atoms with Crippen molar-refractivity contribution in [3.8, 4) is 5.75 Å². The van der Waals surface area contributed by atoms with E-state index in [0.717, 1.165) is 12.1 Å². The predicted molar refractivity (Wildman–Crippen MR) is 67.6 cm³/mol. The van der Waals surface area contributed by atoms with Gasteiger partial charge in [0.2, 0.25) is 0 Å². The first-order valence-electron chi connectivity index (χ1n) is 5.43. The zero-order valence-corrected chi connectivity index (χ0v) is 10.5. The average Bonchev–Trinajstić information content (AvgIpc) is 2.38. The number of carbonyl (C=O) groups is 1. The van der Waals surface area contributed by atoms with Crippen molar-refractivity contribution in [3.63, 3.8) is 0 Å². The maximum atomic E-state index is 13.3. The van der Waals surface area contributed by atoms with Crippen LogP contribution in [0.5, 0.6) is 5.75 Å². The third-order valence-corrected chi connectivity index (χ3v) is 2.67. The van der Waals surface area contributed by atoms with Gasteiger partial charge in [0.15, 0.2) is 24.0 Å². The van der Waals surface area contributed by atoms with Crippen LogP contribution in [0.1, 0.15) is 10.4 Å². The molecule has 0 fully saturated rings. The van der Waals surface area contributed by atoms with Gasteiger partial charge in [-0.25, -0.2) is 8.78 Å². The molecule has 0 amide bonds. The highest BCUT2D eigenvalue weighted by molar-refractivity contribution is 6.30. The highest BCUT2D eigenvalue weighted by Crippen LogP contribution is 2.18. The van der Waals surface area contributed by atoms with Crippen LogP contribution in [0.4, 0.5) is 8.78 Å². The molecular weight excluding hydrogens is 274 g/mol. The molecule has 0 aliphatic carbocycles. The number of rotatable bonds is 4. The van der Waals surface area contributed by atoms with Crippen LogP contribution in [0.3, 0.4) is 0 Å². The van der Waals surface area contributed by atoms with Crippen molar-refractivity contribution in [2.75, 3.05) is 6.61 Å². The van der Waals surface area contributed by atoms with E-state index in [-0.39, 0.29) is 18.1 Å². The summed E-state index contributed by atoms with van der Waals surface area (Å²) in [5, 5.41) is 0.516. The van der Waals surface area contributed by atoms with E-state index in [1.165, 1.54) is 0 Å². The fraction of sp³-hybridized carbons (Fsp3) is 0.0714. The van der Waals surface area contributed by atoms with Crippen molar-refractivity contribution < 1.29 is 18.3 Å². The Morgan fingerprint density at radius 2 is 1.79 bits per heavy atom. The molecule has 0 aromatic heterocycles. The van der Waals surface area contributed by atoms with Crippen LogP contribution >= 0.6 is 11.6 Å². The molecule has 2 rings (SSSR count). The molecule has 0 spiro atoms. The van der Waals surface area contributed by atoms with Crippen LogP contribution in [-0.4, -0.2) is 12.4 Å². The topological polar surface area (TPSA) is 26.3 Å². The molecule has 0 atom stereocenters. The van der Waals surface area contributed by atoms with Gasteiger partial charge in [0.25, 0.3) is 0 Å². The lowest BCUT2D eigenvalue weighted by molar-refractivity contribution is 0.0918. The molecule has 2 aromatic carbocycles. The fourth-order valence-electron chi connectivity index (χ4n) is 1.45. The first-order chi connectivity index (χ1) is 9.06. The maximum absolute atomic E-state index is 13.3. The van der Waals surface area contributed by atoms with Crippen molar-refractivity contribution in [1.29, 1.82) is 0 Å². The summed E-state index contributed by atoms with van der Waals surface area (Å²) in [5.74, 6) is -2.03. The Kier molecular flexibility index (Phi) is 4.12. The Morgan fingerprint density at radius 1 is 1.11 bits per heavy atom. The number of benzene rings is 2. The molecule has 2 aromatic rings. The van der Waals surface area contributed by atoms with Crippen LogP contribution < -0.4 is 4.74 Å². The number of hydrogen-bond donors (Lipinski definition) is 0. The minimum absolute atomic E-state index is 0.163. The van der Waals surface area contributed by atoms with E-state index < -0.39 is 11.6 Å². The second-order valence-corrected chi connectivity index (χ2v) is 4.23. The van der Waals surface area contributed by atoms with E-state index in [0.29, 0.717) is 16.7 Å². The summed E-state index contributed by atoms with van der Waals surface area (Å²) in [6.07, 6.45) is 0. The molecule has 19 heavy (non-hydrogen) atoms. The van der Waals surface area contributed by atoms with E-state index in [1.807, 2.05) is 0 Å². The second-order valence-electron chi connectivity index (χ2n) is 3.79. The second kappa shape index (κ2) is 5.80. The smallest absolute Gasteiger partial charge is 0.200 e. The Hall–Kier alpha value is -1.94. The summed E-state index contributed by atoms with van der Waals surface area (Å²) < 4.78 is 31.0. The summed E-state index contributed by atoms with van der Waals surface area (Å²) in [6.45, 7) is -0.329. The average molecular weight is 283 g/mol. The van der Waals surface area contributed by atoms with Crippen LogP contribution in [-0.2, 0) is 0 Å². The Bertz CT molecular complexity index is 597. The van der Waals surface area contributed by atoms with Gasteiger partial charge >= 0.3 is 0 Å². The number of Topliss-reactive ketones (excluding diaryl/α,β-unsaturated/α-hetero) is 1. The van der Waals surface area contributed by atoms with Crippen molar-refractivity contribution in [2.24, 2.45) is 0 Å². The lowest BCUT2D eigenvalue weighted by atomic mass is 10.1. The first kappa shape index (κ1) is 13.5. The number of hydrogen-bond acceptors (Lipinski definition) is 2. The van der Waals surface area contributed by atoms with Crippen molar-refractivity contribution in [3.05, 3.63) is 64.7 Å². The van der Waals surface area contributed by atoms with Crippen molar-refractivity contribution in [1.82, 2.24) is 0 Å². The summed E-state index contributed by atoms with van der Waals surface area (Å²) >= 11 is 5.70. The molecule has 0 saturated heterocycles. The van der Waals surface area contributed by atoms with Crippen LogP contribution in [0, 0.1) is 11.6 Å². The molecule has 2 nitrogen and oxygen atoms in total. The molecule has 0 unspecified atom stereocenters. The highest BCUT2D eigenvalue weighted by atomic mass is 35.5. The fourth-order valence-corrected chi connectivity index (χ4v) is 1.58. The van der Waals surface area contributed by atoms with Gasteiger partial charge < -0.3 is 4.74 Å². The van der Waals surface area contributed by atoms with E-state index in [4.69, 9.17) is 16.3 Å². The minimum atomic E-state index is -0.844. The molecular formula is C14H9ClF2O2. The largest absolute Gasteiger partial charge is 0.482 e. The van der Waals surface area contributed by atoms with E-state index in [2.05, 4.69) is 0 Å². The van der Waals surface area contributed by atoms with Gasteiger partial charge in [0, 0.05) is 16.7 Å². The first-order valence-corrected chi connectivity index (χ1v) is 5.80. The van der Waals surface area contributed by atoms with E-state index in [9.17, 15) is 13.6 Å². The minimum Gasteiger partial charge on any atom is -0.482 e. The Labute approximate surface area is 113 Å². The van der Waals surface area contributed by atoms with Crippen molar-refractivity contribution in [2.45, 2.75) is 0 Å². The molecule has 5 heteroatoms. The normalized spacial score (nSPS) is 10.3. The van der Waals surface area contributed by atoms with Crippen LogP contribution in [0.15, 0.2) is 42.5 Å². The molecule has 98 valence electrons. The maximum Gasteiger partial charge on any atom is 0.200 e. The SMILES string of the molecule is O=C(COc1ccc(F)cc1F)c1ccc(Cl)cc1. The number of ether oxygens (including phenoxy) is 1. The van der Waals surface area contributed by atoms with E-state index >= 15 is 0 Å². The van der Waals surface area contributed by atoms with Crippen LogP contribution in [0.2, 0.25) is 5.02 Å². The molecule has 0 aliphatic rings. The van der Waals surface area contributed by atoms with Gasteiger partial charge in [-0.2, -0.15) is 0 Å². The van der Waals surface area contributed by atoms with Crippen LogP contribution in [0.25, 0.3) is 0 Å². The molecule has 0 aliphatic heterocycles.